The second kappa shape index (κ2) is 13.5. The minimum absolute atomic E-state index is 0.0747. The van der Waals surface area contributed by atoms with Crippen molar-refractivity contribution in [2.45, 2.75) is 70.9 Å². The SMILES string of the molecule is CCOC(=O)C(CCCC(c1ccccc1)c1ccccc1)C[C@H](NC(=O)OC(C)(C)C)C(=O)O. The van der Waals surface area contributed by atoms with Crippen molar-refractivity contribution < 1.29 is 29.0 Å². The van der Waals surface area contributed by atoms with Crippen LogP contribution in [0.4, 0.5) is 4.79 Å². The lowest BCUT2D eigenvalue weighted by Crippen LogP contribution is -2.45. The van der Waals surface area contributed by atoms with Gasteiger partial charge in [0, 0.05) is 5.92 Å². The van der Waals surface area contributed by atoms with Crippen LogP contribution in [0.1, 0.15) is 70.4 Å². The highest BCUT2D eigenvalue weighted by atomic mass is 16.6. The topological polar surface area (TPSA) is 102 Å². The van der Waals surface area contributed by atoms with Gasteiger partial charge in [-0.25, -0.2) is 9.59 Å². The average Bonchev–Trinajstić information content (AvgIpc) is 2.80. The molecule has 7 nitrogen and oxygen atoms in total. The molecule has 0 bridgehead atoms. The normalized spacial score (nSPS) is 13.1. The number of carbonyl (C=O) groups is 3. The summed E-state index contributed by atoms with van der Waals surface area (Å²) in [4.78, 5) is 36.7. The largest absolute Gasteiger partial charge is 0.480 e. The Morgan fingerprint density at radius 2 is 1.46 bits per heavy atom. The van der Waals surface area contributed by atoms with Gasteiger partial charge in [-0.2, -0.15) is 0 Å². The van der Waals surface area contributed by atoms with Crippen LogP contribution in [0.25, 0.3) is 0 Å². The minimum Gasteiger partial charge on any atom is -0.480 e. The van der Waals surface area contributed by atoms with Crippen LogP contribution < -0.4 is 5.32 Å². The predicted molar refractivity (Wildman–Crippen MR) is 134 cm³/mol. The first-order valence-corrected chi connectivity index (χ1v) is 12.1. The molecule has 35 heavy (non-hydrogen) atoms. The van der Waals surface area contributed by atoms with Crippen molar-refractivity contribution in [3.63, 3.8) is 0 Å². The van der Waals surface area contributed by atoms with E-state index in [0.717, 1.165) is 6.42 Å². The number of hydrogen-bond acceptors (Lipinski definition) is 5. The van der Waals surface area contributed by atoms with Gasteiger partial charge >= 0.3 is 18.0 Å². The molecule has 1 unspecified atom stereocenters. The average molecular weight is 484 g/mol. The predicted octanol–water partition coefficient (Wildman–Crippen LogP) is 5.54. The smallest absolute Gasteiger partial charge is 0.408 e. The Hall–Kier alpha value is -3.35. The monoisotopic (exact) mass is 483 g/mol. The number of aliphatic carboxylic acids is 1. The fourth-order valence-corrected chi connectivity index (χ4v) is 4.01. The molecule has 0 aliphatic rings. The Morgan fingerprint density at radius 1 is 0.914 bits per heavy atom. The summed E-state index contributed by atoms with van der Waals surface area (Å²) in [7, 11) is 0. The zero-order valence-electron chi connectivity index (χ0n) is 21.0. The van der Waals surface area contributed by atoms with Crippen LogP contribution in [-0.4, -0.2) is 41.4 Å². The number of rotatable bonds is 12. The molecule has 2 atom stereocenters. The molecule has 0 spiro atoms. The Bertz CT molecular complexity index is 899. The van der Waals surface area contributed by atoms with Gasteiger partial charge in [0.15, 0.2) is 0 Å². The number of alkyl carbamates (subject to hydrolysis) is 1. The Labute approximate surface area is 207 Å². The summed E-state index contributed by atoms with van der Waals surface area (Å²) in [6, 6.07) is 19.1. The Kier molecular flexibility index (Phi) is 10.8. The van der Waals surface area contributed by atoms with E-state index >= 15 is 0 Å². The molecule has 7 heteroatoms. The molecule has 0 saturated heterocycles. The van der Waals surface area contributed by atoms with E-state index in [0.29, 0.717) is 12.8 Å². The molecule has 2 aromatic carbocycles. The second-order valence-electron chi connectivity index (χ2n) is 9.53. The van der Waals surface area contributed by atoms with Crippen molar-refractivity contribution >= 4 is 18.0 Å². The number of benzene rings is 2. The van der Waals surface area contributed by atoms with Crippen LogP contribution in [0.2, 0.25) is 0 Å². The van der Waals surface area contributed by atoms with Gasteiger partial charge in [0.05, 0.1) is 12.5 Å². The maximum absolute atomic E-state index is 12.7. The van der Waals surface area contributed by atoms with Gasteiger partial charge in [-0.1, -0.05) is 67.1 Å². The van der Waals surface area contributed by atoms with Gasteiger partial charge in [0.25, 0.3) is 0 Å². The fraction of sp³-hybridized carbons (Fsp3) is 0.464. The number of carboxylic acid groups (broad SMARTS) is 1. The first-order chi connectivity index (χ1) is 16.6. The molecule has 2 aromatic rings. The lowest BCUT2D eigenvalue weighted by Gasteiger charge is -2.24. The zero-order chi connectivity index (χ0) is 25.8. The molecule has 1 amide bonds. The number of ether oxygens (including phenoxy) is 2. The third kappa shape index (κ3) is 9.81. The van der Waals surface area contributed by atoms with Gasteiger partial charge in [0.1, 0.15) is 11.6 Å². The summed E-state index contributed by atoms with van der Waals surface area (Å²) in [5.41, 5.74) is 1.60. The van der Waals surface area contributed by atoms with Crippen LogP contribution in [0.3, 0.4) is 0 Å². The molecule has 0 saturated carbocycles. The number of carboxylic acids is 1. The number of amides is 1. The van der Waals surface area contributed by atoms with E-state index in [2.05, 4.69) is 29.6 Å². The molecule has 0 aromatic heterocycles. The molecular weight excluding hydrogens is 446 g/mol. The quantitative estimate of drug-likeness (QED) is 0.385. The zero-order valence-corrected chi connectivity index (χ0v) is 21.0. The summed E-state index contributed by atoms with van der Waals surface area (Å²) in [5.74, 6) is -2.20. The van der Waals surface area contributed by atoms with Crippen molar-refractivity contribution in [1.82, 2.24) is 5.32 Å². The highest BCUT2D eigenvalue weighted by Crippen LogP contribution is 2.31. The van der Waals surface area contributed by atoms with Crippen molar-refractivity contribution in [2.75, 3.05) is 6.61 Å². The molecule has 0 aliphatic carbocycles. The lowest BCUT2D eigenvalue weighted by atomic mass is 9.85. The van der Waals surface area contributed by atoms with Gasteiger partial charge in [-0.15, -0.1) is 0 Å². The van der Waals surface area contributed by atoms with E-state index in [-0.39, 0.29) is 18.9 Å². The van der Waals surface area contributed by atoms with Crippen molar-refractivity contribution in [3.8, 4) is 0 Å². The van der Waals surface area contributed by atoms with E-state index in [1.54, 1.807) is 27.7 Å². The minimum atomic E-state index is -1.27. The van der Waals surface area contributed by atoms with Crippen molar-refractivity contribution in [2.24, 2.45) is 5.92 Å². The van der Waals surface area contributed by atoms with Crippen LogP contribution in [0.5, 0.6) is 0 Å². The Balaban J connectivity index is 2.12. The highest BCUT2D eigenvalue weighted by Gasteiger charge is 2.31. The summed E-state index contributed by atoms with van der Waals surface area (Å²) in [6.45, 7) is 6.99. The third-order valence-corrected chi connectivity index (χ3v) is 5.58. The molecule has 190 valence electrons. The van der Waals surface area contributed by atoms with Crippen molar-refractivity contribution in [1.29, 1.82) is 0 Å². The number of hydrogen-bond donors (Lipinski definition) is 2. The van der Waals surface area contributed by atoms with Gasteiger partial charge in [-0.05, 0) is 58.1 Å². The standard InChI is InChI=1S/C28H37NO6/c1-5-34-26(32)22(19-24(25(30)31)29-27(33)35-28(2,3)4)17-12-18-23(20-13-8-6-9-14-20)21-15-10-7-11-16-21/h6-11,13-16,22-24H,5,12,17-19H2,1-4H3,(H,29,33)(H,30,31)/t22?,24-/m0/s1. The number of nitrogens with one attached hydrogen (secondary N) is 1. The van der Waals surface area contributed by atoms with E-state index in [4.69, 9.17) is 9.47 Å². The Morgan fingerprint density at radius 3 is 1.91 bits per heavy atom. The first-order valence-electron chi connectivity index (χ1n) is 12.1. The van der Waals surface area contributed by atoms with Crippen LogP contribution >= 0.6 is 0 Å². The van der Waals surface area contributed by atoms with Crippen LogP contribution in [-0.2, 0) is 19.1 Å². The van der Waals surface area contributed by atoms with Gasteiger partial charge < -0.3 is 19.9 Å². The van der Waals surface area contributed by atoms with Crippen LogP contribution in [0, 0.1) is 5.92 Å². The van der Waals surface area contributed by atoms with E-state index in [1.165, 1.54) is 11.1 Å². The maximum Gasteiger partial charge on any atom is 0.408 e. The lowest BCUT2D eigenvalue weighted by molar-refractivity contribution is -0.149. The summed E-state index contributed by atoms with van der Waals surface area (Å²) < 4.78 is 10.4. The third-order valence-electron chi connectivity index (χ3n) is 5.58. The van der Waals surface area contributed by atoms with Gasteiger partial charge in [0.2, 0.25) is 0 Å². The number of carbonyl (C=O) groups excluding carboxylic acids is 2. The highest BCUT2D eigenvalue weighted by molar-refractivity contribution is 5.81. The number of esters is 1. The van der Waals surface area contributed by atoms with E-state index in [9.17, 15) is 19.5 Å². The molecule has 0 fully saturated rings. The van der Waals surface area contributed by atoms with E-state index in [1.807, 2.05) is 36.4 Å². The molecule has 2 rings (SSSR count). The molecule has 0 radical (unpaired) electrons. The van der Waals surface area contributed by atoms with Gasteiger partial charge in [-0.3, -0.25) is 4.79 Å². The summed E-state index contributed by atoms with van der Waals surface area (Å²) in [6.07, 6.45) is 0.988. The van der Waals surface area contributed by atoms with Crippen molar-refractivity contribution in [3.05, 3.63) is 71.8 Å². The first kappa shape index (κ1) is 27.9. The fourth-order valence-electron chi connectivity index (χ4n) is 4.01. The molecule has 2 N–H and O–H groups in total. The maximum atomic E-state index is 12.7. The molecule has 0 aliphatic heterocycles. The van der Waals surface area contributed by atoms with Crippen LogP contribution in [0.15, 0.2) is 60.7 Å². The molecule has 0 heterocycles. The van der Waals surface area contributed by atoms with E-state index < -0.39 is 35.6 Å². The summed E-state index contributed by atoms with van der Waals surface area (Å²) in [5, 5.41) is 12.1. The second-order valence-corrected chi connectivity index (χ2v) is 9.53. The summed E-state index contributed by atoms with van der Waals surface area (Å²) >= 11 is 0. The molecular formula is C28H37NO6.